The molecule has 1 saturated heterocycles. The highest BCUT2D eigenvalue weighted by molar-refractivity contribution is 7.98. The molecule has 0 bridgehead atoms. The minimum Gasteiger partial charge on any atom is -0.350 e. The summed E-state index contributed by atoms with van der Waals surface area (Å²) in [7, 11) is 0. The summed E-state index contributed by atoms with van der Waals surface area (Å²) in [4.78, 5) is 14.0. The highest BCUT2D eigenvalue weighted by Gasteiger charge is 2.35. The van der Waals surface area contributed by atoms with E-state index < -0.39 is 0 Å². The van der Waals surface area contributed by atoms with E-state index in [-0.39, 0.29) is 11.9 Å². The second-order valence-corrected chi connectivity index (χ2v) is 5.85. The van der Waals surface area contributed by atoms with Crippen LogP contribution < -0.4 is 10.2 Å². The van der Waals surface area contributed by atoms with Gasteiger partial charge in [-0.05, 0) is 54.8 Å². The fourth-order valence-corrected chi connectivity index (χ4v) is 2.90. The van der Waals surface area contributed by atoms with Gasteiger partial charge < -0.3 is 5.32 Å². The Labute approximate surface area is 123 Å². The van der Waals surface area contributed by atoms with Gasteiger partial charge in [0.15, 0.2) is 5.11 Å². The van der Waals surface area contributed by atoms with Crippen molar-refractivity contribution in [2.75, 3.05) is 16.9 Å². The van der Waals surface area contributed by atoms with E-state index in [2.05, 4.69) is 12.2 Å². The average Bonchev–Trinajstić information content (AvgIpc) is 2.71. The van der Waals surface area contributed by atoms with Crippen molar-refractivity contribution in [1.29, 1.82) is 0 Å². The molecule has 1 atom stereocenters. The number of thiocarbonyl (C=S) groups is 1. The van der Waals surface area contributed by atoms with E-state index in [1.165, 1.54) is 5.56 Å². The van der Waals surface area contributed by atoms with E-state index in [0.717, 1.165) is 24.3 Å². The molecule has 1 amide bonds. The average molecular weight is 294 g/mol. The molecule has 1 heterocycles. The highest BCUT2D eigenvalue weighted by Crippen LogP contribution is 2.22. The predicted molar refractivity (Wildman–Crippen MR) is 85.8 cm³/mol. The second kappa shape index (κ2) is 6.39. The number of thioether (sulfide) groups is 1. The summed E-state index contributed by atoms with van der Waals surface area (Å²) in [6, 6.07) is 7.83. The summed E-state index contributed by atoms with van der Waals surface area (Å²) in [5.74, 6) is 1.01. The Morgan fingerprint density at radius 3 is 2.63 bits per heavy atom. The summed E-state index contributed by atoms with van der Waals surface area (Å²) in [5, 5.41) is 3.62. The van der Waals surface area contributed by atoms with Crippen molar-refractivity contribution in [3.63, 3.8) is 0 Å². The summed E-state index contributed by atoms with van der Waals surface area (Å²) >= 11 is 7.02. The molecule has 2 rings (SSSR count). The number of rotatable bonds is 5. The minimum absolute atomic E-state index is 0.0586. The molecule has 102 valence electrons. The number of amides is 1. The van der Waals surface area contributed by atoms with Crippen molar-refractivity contribution < 1.29 is 4.79 Å². The largest absolute Gasteiger partial charge is 0.350 e. The lowest BCUT2D eigenvalue weighted by Crippen LogP contribution is -2.31. The third-order valence-electron chi connectivity index (χ3n) is 3.23. The molecule has 0 aliphatic carbocycles. The third kappa shape index (κ3) is 3.09. The van der Waals surface area contributed by atoms with Crippen LogP contribution in [0.2, 0.25) is 0 Å². The normalized spacial score (nSPS) is 18.8. The molecule has 0 spiro atoms. The molecule has 0 saturated carbocycles. The first kappa shape index (κ1) is 14.3. The molecule has 5 heteroatoms. The SMILES string of the molecule is CCc1ccc(N2C(=O)[C@H](CCSC)NC2=S)cc1. The molecular formula is C14H18N2OS2. The van der Waals surface area contributed by atoms with Gasteiger partial charge >= 0.3 is 0 Å². The van der Waals surface area contributed by atoms with Crippen LogP contribution in [0.1, 0.15) is 18.9 Å². The number of aryl methyl sites for hydroxylation is 1. The van der Waals surface area contributed by atoms with Crippen LogP contribution in [0, 0.1) is 0 Å². The maximum Gasteiger partial charge on any atom is 0.255 e. The van der Waals surface area contributed by atoms with Gasteiger partial charge in [0.25, 0.3) is 5.91 Å². The van der Waals surface area contributed by atoms with Gasteiger partial charge in [0.2, 0.25) is 0 Å². The summed E-state index contributed by atoms with van der Waals surface area (Å²) < 4.78 is 0. The quantitative estimate of drug-likeness (QED) is 0.846. The second-order valence-electron chi connectivity index (χ2n) is 4.48. The Morgan fingerprint density at radius 2 is 2.05 bits per heavy atom. The van der Waals surface area contributed by atoms with Crippen LogP contribution in [-0.4, -0.2) is 29.1 Å². The van der Waals surface area contributed by atoms with Crippen LogP contribution >= 0.6 is 24.0 Å². The van der Waals surface area contributed by atoms with Gasteiger partial charge in [0.05, 0.1) is 5.69 Å². The number of nitrogens with one attached hydrogen (secondary N) is 1. The topological polar surface area (TPSA) is 32.3 Å². The first-order valence-electron chi connectivity index (χ1n) is 6.39. The molecule has 0 radical (unpaired) electrons. The number of nitrogens with zero attached hydrogens (tertiary/aromatic N) is 1. The van der Waals surface area contributed by atoms with Crippen LogP contribution in [0.25, 0.3) is 0 Å². The highest BCUT2D eigenvalue weighted by atomic mass is 32.2. The minimum atomic E-state index is -0.175. The van der Waals surface area contributed by atoms with Crippen molar-refractivity contribution in [2.24, 2.45) is 0 Å². The Hall–Kier alpha value is -1.07. The molecule has 0 unspecified atom stereocenters. The molecule has 19 heavy (non-hydrogen) atoms. The molecule has 1 aromatic rings. The van der Waals surface area contributed by atoms with Crippen LogP contribution in [0.5, 0.6) is 0 Å². The number of carbonyl (C=O) groups is 1. The lowest BCUT2D eigenvalue weighted by Gasteiger charge is -2.15. The van der Waals surface area contributed by atoms with E-state index in [0.29, 0.717) is 5.11 Å². The Kier molecular flexibility index (Phi) is 4.82. The van der Waals surface area contributed by atoms with Crippen LogP contribution in [0.15, 0.2) is 24.3 Å². The summed E-state index contributed by atoms with van der Waals surface area (Å²) in [6.07, 6.45) is 3.84. The van der Waals surface area contributed by atoms with E-state index in [9.17, 15) is 4.79 Å². The van der Waals surface area contributed by atoms with Gasteiger partial charge in [-0.1, -0.05) is 19.1 Å². The maximum absolute atomic E-state index is 12.3. The standard InChI is InChI=1S/C14H18N2OS2/c1-3-10-4-6-11(7-5-10)16-13(17)12(8-9-19-2)15-14(16)18/h4-7,12H,3,8-9H2,1-2H3,(H,15,18)/t12-/m0/s1. The van der Waals surface area contributed by atoms with Crippen molar-refractivity contribution in [1.82, 2.24) is 5.32 Å². The van der Waals surface area contributed by atoms with Crippen molar-refractivity contribution in [2.45, 2.75) is 25.8 Å². The molecular weight excluding hydrogens is 276 g/mol. The number of carbonyl (C=O) groups excluding carboxylic acids is 1. The van der Waals surface area contributed by atoms with E-state index >= 15 is 0 Å². The van der Waals surface area contributed by atoms with E-state index in [4.69, 9.17) is 12.2 Å². The van der Waals surface area contributed by atoms with Crippen molar-refractivity contribution >= 4 is 40.7 Å². The van der Waals surface area contributed by atoms with Crippen LogP contribution in [0.4, 0.5) is 5.69 Å². The fraction of sp³-hybridized carbons (Fsp3) is 0.429. The Balaban J connectivity index is 2.14. The number of hydrogen-bond acceptors (Lipinski definition) is 3. The molecule has 1 aliphatic heterocycles. The summed E-state index contributed by atoms with van der Waals surface area (Å²) in [5.41, 5.74) is 2.11. The van der Waals surface area contributed by atoms with Crippen LogP contribution in [-0.2, 0) is 11.2 Å². The molecule has 1 aromatic carbocycles. The molecule has 1 N–H and O–H groups in total. The first-order chi connectivity index (χ1) is 9.17. The zero-order chi connectivity index (χ0) is 13.8. The lowest BCUT2D eigenvalue weighted by atomic mass is 10.1. The van der Waals surface area contributed by atoms with E-state index in [1.54, 1.807) is 16.7 Å². The fourth-order valence-electron chi connectivity index (χ4n) is 2.09. The van der Waals surface area contributed by atoms with Crippen LogP contribution in [0.3, 0.4) is 0 Å². The van der Waals surface area contributed by atoms with Gasteiger partial charge in [-0.2, -0.15) is 11.8 Å². The van der Waals surface area contributed by atoms with Crippen molar-refractivity contribution in [3.05, 3.63) is 29.8 Å². The van der Waals surface area contributed by atoms with Gasteiger partial charge in [-0.25, -0.2) is 0 Å². The molecule has 0 aromatic heterocycles. The van der Waals surface area contributed by atoms with Gasteiger partial charge in [0, 0.05) is 0 Å². The predicted octanol–water partition coefficient (Wildman–Crippen LogP) is 2.59. The lowest BCUT2D eigenvalue weighted by molar-refractivity contribution is -0.118. The van der Waals surface area contributed by atoms with Gasteiger partial charge in [-0.15, -0.1) is 0 Å². The summed E-state index contributed by atoms with van der Waals surface area (Å²) in [6.45, 7) is 2.11. The molecule has 3 nitrogen and oxygen atoms in total. The van der Waals surface area contributed by atoms with E-state index in [1.807, 2.05) is 30.5 Å². The van der Waals surface area contributed by atoms with Crippen molar-refractivity contribution in [3.8, 4) is 0 Å². The molecule has 1 aliphatic rings. The zero-order valence-corrected chi connectivity index (χ0v) is 12.8. The number of benzene rings is 1. The monoisotopic (exact) mass is 294 g/mol. The zero-order valence-electron chi connectivity index (χ0n) is 11.2. The van der Waals surface area contributed by atoms with Gasteiger partial charge in [-0.3, -0.25) is 9.69 Å². The Bertz CT molecular complexity index is 473. The molecule has 1 fully saturated rings. The Morgan fingerprint density at radius 1 is 1.37 bits per heavy atom. The first-order valence-corrected chi connectivity index (χ1v) is 8.20. The third-order valence-corrected chi connectivity index (χ3v) is 4.18. The number of hydrogen-bond donors (Lipinski definition) is 1. The number of anilines is 1. The maximum atomic E-state index is 12.3. The van der Waals surface area contributed by atoms with Gasteiger partial charge in [0.1, 0.15) is 6.04 Å². The smallest absolute Gasteiger partial charge is 0.255 e.